The average molecular weight is 482 g/mol. The maximum absolute atomic E-state index is 13.2. The topological polar surface area (TPSA) is 93.6 Å². The summed E-state index contributed by atoms with van der Waals surface area (Å²) in [6, 6.07) is 17.1. The first-order chi connectivity index (χ1) is 16.3. The molecule has 1 aliphatic rings. The maximum atomic E-state index is 13.2. The van der Waals surface area contributed by atoms with Crippen LogP contribution in [0.25, 0.3) is 0 Å². The van der Waals surface area contributed by atoms with Gasteiger partial charge in [-0.15, -0.1) is 0 Å². The molecule has 4 rings (SSSR count). The van der Waals surface area contributed by atoms with E-state index in [1.54, 1.807) is 0 Å². The van der Waals surface area contributed by atoms with E-state index in [-0.39, 0.29) is 30.3 Å². The number of aromatic nitrogens is 2. The smallest absolute Gasteiger partial charge is 0.332 e. The first-order valence-electron chi connectivity index (χ1n) is 11.2. The molecule has 8 nitrogen and oxygen atoms in total. The average Bonchev–Trinajstić information content (AvgIpc) is 2.82. The molecule has 2 N–H and O–H groups in total. The summed E-state index contributed by atoms with van der Waals surface area (Å²) < 4.78 is 2.24. The first kappa shape index (κ1) is 23.9. The number of halogens is 1. The second kappa shape index (κ2) is 10.4. The Balaban J connectivity index is 1.46. The minimum atomic E-state index is -0.656. The third kappa shape index (κ3) is 5.30. The molecular weight excluding hydrogens is 454 g/mol. The largest absolute Gasteiger partial charge is 0.384 e. The van der Waals surface area contributed by atoms with Gasteiger partial charge in [0, 0.05) is 44.8 Å². The third-order valence-electron chi connectivity index (χ3n) is 6.17. The highest BCUT2D eigenvalue weighted by atomic mass is 35.5. The molecule has 1 saturated heterocycles. The summed E-state index contributed by atoms with van der Waals surface area (Å²) in [6.07, 6.45) is 0. The summed E-state index contributed by atoms with van der Waals surface area (Å²) in [6.45, 7) is 4.02. The molecular formula is C25H28ClN5O3. The molecule has 1 aliphatic heterocycles. The molecule has 0 amide bonds. The predicted molar refractivity (Wildman–Crippen MR) is 133 cm³/mol. The number of Topliss-reactive ketones (excluding diaryl/α,β-unsaturated/α-hetero) is 1. The molecule has 0 aliphatic carbocycles. The van der Waals surface area contributed by atoms with Crippen LogP contribution in [0, 0.1) is 0 Å². The van der Waals surface area contributed by atoms with Gasteiger partial charge in [-0.3, -0.25) is 28.5 Å². The molecule has 0 radical (unpaired) electrons. The van der Waals surface area contributed by atoms with Crippen molar-refractivity contribution in [2.24, 2.45) is 7.05 Å². The number of carbonyl (C=O) groups is 1. The highest BCUT2D eigenvalue weighted by Crippen LogP contribution is 2.15. The molecule has 2 heterocycles. The van der Waals surface area contributed by atoms with E-state index >= 15 is 0 Å². The number of nitrogens with two attached hydrogens (primary N) is 1. The molecule has 3 aromatic rings. The van der Waals surface area contributed by atoms with E-state index in [0.717, 1.165) is 40.4 Å². The van der Waals surface area contributed by atoms with Crippen molar-refractivity contribution in [3.8, 4) is 0 Å². The third-order valence-corrected chi connectivity index (χ3v) is 6.41. The molecule has 0 bridgehead atoms. The number of benzene rings is 2. The summed E-state index contributed by atoms with van der Waals surface area (Å²) in [7, 11) is 1.37. The summed E-state index contributed by atoms with van der Waals surface area (Å²) >= 11 is 6.08. The van der Waals surface area contributed by atoms with Crippen LogP contribution in [0.5, 0.6) is 0 Å². The van der Waals surface area contributed by atoms with E-state index in [2.05, 4.69) is 4.90 Å². The van der Waals surface area contributed by atoms with Gasteiger partial charge in [0.05, 0.1) is 13.1 Å². The van der Waals surface area contributed by atoms with Crippen LogP contribution in [0.3, 0.4) is 0 Å². The van der Waals surface area contributed by atoms with Crippen LogP contribution in [0.15, 0.2) is 64.2 Å². The van der Waals surface area contributed by atoms with Crippen molar-refractivity contribution in [3.05, 3.63) is 97.1 Å². The molecule has 0 unspecified atom stereocenters. The highest BCUT2D eigenvalue weighted by molar-refractivity contribution is 6.30. The van der Waals surface area contributed by atoms with Gasteiger partial charge in [0.2, 0.25) is 0 Å². The Morgan fingerprint density at radius 1 is 0.912 bits per heavy atom. The summed E-state index contributed by atoms with van der Waals surface area (Å²) in [5.74, 6) is -0.454. The molecule has 0 saturated carbocycles. The summed E-state index contributed by atoms with van der Waals surface area (Å²) in [4.78, 5) is 43.0. The van der Waals surface area contributed by atoms with Crippen LogP contribution < -0.4 is 17.0 Å². The van der Waals surface area contributed by atoms with E-state index in [1.807, 2.05) is 59.5 Å². The number of ketones is 1. The lowest BCUT2D eigenvalue weighted by molar-refractivity contribution is 0.0842. The fourth-order valence-corrected chi connectivity index (χ4v) is 4.46. The van der Waals surface area contributed by atoms with Crippen LogP contribution in [-0.4, -0.2) is 57.4 Å². The van der Waals surface area contributed by atoms with Gasteiger partial charge in [0.1, 0.15) is 11.4 Å². The SMILES string of the molecule is Cn1c(=O)c(C(=O)CN2CCN(Cc3cccc(Cl)c3)CC2)c(N)n(Cc2ccccc2)c1=O. The van der Waals surface area contributed by atoms with Crippen LogP contribution in [0.1, 0.15) is 21.5 Å². The molecule has 1 aromatic heterocycles. The van der Waals surface area contributed by atoms with Gasteiger partial charge in [-0.05, 0) is 23.3 Å². The second-order valence-electron chi connectivity index (χ2n) is 8.58. The Labute approximate surface area is 202 Å². The monoisotopic (exact) mass is 481 g/mol. The van der Waals surface area contributed by atoms with E-state index < -0.39 is 11.2 Å². The number of hydrogen-bond donors (Lipinski definition) is 1. The highest BCUT2D eigenvalue weighted by Gasteiger charge is 2.25. The molecule has 1 fully saturated rings. The van der Waals surface area contributed by atoms with Gasteiger partial charge in [0.25, 0.3) is 5.56 Å². The summed E-state index contributed by atoms with van der Waals surface area (Å²) in [5, 5.41) is 0.717. The van der Waals surface area contributed by atoms with E-state index in [9.17, 15) is 14.4 Å². The molecule has 178 valence electrons. The van der Waals surface area contributed by atoms with Gasteiger partial charge in [0.15, 0.2) is 5.78 Å². The van der Waals surface area contributed by atoms with E-state index in [4.69, 9.17) is 17.3 Å². The lowest BCUT2D eigenvalue weighted by Crippen LogP contribution is -2.49. The molecule has 34 heavy (non-hydrogen) atoms. The normalized spacial score (nSPS) is 14.9. The zero-order chi connectivity index (χ0) is 24.2. The van der Waals surface area contributed by atoms with Gasteiger partial charge in [-0.2, -0.15) is 0 Å². The maximum Gasteiger partial charge on any atom is 0.332 e. The summed E-state index contributed by atoms with van der Waals surface area (Å²) in [5.41, 5.74) is 6.89. The second-order valence-corrected chi connectivity index (χ2v) is 9.02. The van der Waals surface area contributed by atoms with Crippen LogP contribution >= 0.6 is 11.6 Å². The Morgan fingerprint density at radius 3 is 2.24 bits per heavy atom. The number of piperazine rings is 1. The van der Waals surface area contributed by atoms with Crippen molar-refractivity contribution < 1.29 is 4.79 Å². The van der Waals surface area contributed by atoms with Crippen molar-refractivity contribution in [1.82, 2.24) is 18.9 Å². The predicted octanol–water partition coefficient (Wildman–Crippen LogP) is 1.83. The quantitative estimate of drug-likeness (QED) is 0.517. The van der Waals surface area contributed by atoms with Crippen molar-refractivity contribution >= 4 is 23.2 Å². The lowest BCUT2D eigenvalue weighted by Gasteiger charge is -2.34. The van der Waals surface area contributed by atoms with Crippen molar-refractivity contribution in [2.75, 3.05) is 38.5 Å². The number of anilines is 1. The van der Waals surface area contributed by atoms with Crippen LogP contribution in [0.2, 0.25) is 5.02 Å². The standard InChI is InChI=1S/C25H28ClN5O3/c1-28-24(33)22(23(27)31(25(28)34)16-18-6-3-2-4-7-18)21(32)17-30-12-10-29(11-13-30)15-19-8-5-9-20(26)14-19/h2-9,14H,10-13,15-17,27H2,1H3. The Morgan fingerprint density at radius 2 is 1.56 bits per heavy atom. The van der Waals surface area contributed by atoms with E-state index in [1.165, 1.54) is 11.6 Å². The van der Waals surface area contributed by atoms with Gasteiger partial charge < -0.3 is 5.73 Å². The number of nitrogen functional groups attached to an aromatic ring is 1. The molecule has 9 heteroatoms. The Kier molecular flexibility index (Phi) is 7.31. The minimum absolute atomic E-state index is 0.0774. The number of nitrogens with zero attached hydrogens (tertiary/aromatic N) is 4. The number of carbonyl (C=O) groups excluding carboxylic acids is 1. The van der Waals surface area contributed by atoms with Gasteiger partial charge in [-0.1, -0.05) is 54.1 Å². The zero-order valence-corrected chi connectivity index (χ0v) is 19.9. The Hall–Kier alpha value is -3.20. The van der Waals surface area contributed by atoms with Crippen molar-refractivity contribution in [1.29, 1.82) is 0 Å². The number of rotatable bonds is 7. The molecule has 2 aromatic carbocycles. The van der Waals surface area contributed by atoms with E-state index in [0.29, 0.717) is 13.1 Å². The van der Waals surface area contributed by atoms with Gasteiger partial charge in [-0.25, -0.2) is 4.79 Å². The van der Waals surface area contributed by atoms with Gasteiger partial charge >= 0.3 is 5.69 Å². The fraction of sp³-hybridized carbons (Fsp3) is 0.320. The molecule has 0 atom stereocenters. The van der Waals surface area contributed by atoms with Crippen molar-refractivity contribution in [3.63, 3.8) is 0 Å². The fourth-order valence-electron chi connectivity index (χ4n) is 4.25. The van der Waals surface area contributed by atoms with Crippen LogP contribution in [-0.2, 0) is 20.1 Å². The Bertz CT molecular complexity index is 1290. The zero-order valence-electron chi connectivity index (χ0n) is 19.1. The minimum Gasteiger partial charge on any atom is -0.384 e. The van der Waals surface area contributed by atoms with Crippen molar-refractivity contribution in [2.45, 2.75) is 13.1 Å². The van der Waals surface area contributed by atoms with Crippen LogP contribution in [0.4, 0.5) is 5.82 Å². The first-order valence-corrected chi connectivity index (χ1v) is 11.6. The number of hydrogen-bond acceptors (Lipinski definition) is 6. The lowest BCUT2D eigenvalue weighted by atomic mass is 10.1. The molecule has 0 spiro atoms.